The van der Waals surface area contributed by atoms with Gasteiger partial charge in [0.25, 0.3) is 5.91 Å². The summed E-state index contributed by atoms with van der Waals surface area (Å²) in [5.74, 6) is -0.204. The van der Waals surface area contributed by atoms with E-state index >= 15 is 0 Å². The second kappa shape index (κ2) is 9.62. The molecule has 1 amide bonds. The molecule has 0 saturated carbocycles. The summed E-state index contributed by atoms with van der Waals surface area (Å²) in [5.41, 5.74) is 0.348. The van der Waals surface area contributed by atoms with Crippen molar-refractivity contribution in [2.45, 2.75) is 6.92 Å². The predicted octanol–water partition coefficient (Wildman–Crippen LogP) is 3.59. The lowest BCUT2D eigenvalue weighted by molar-refractivity contribution is -0.130. The summed E-state index contributed by atoms with van der Waals surface area (Å²) in [6.45, 7) is 1.91. The first-order valence-corrected chi connectivity index (χ1v) is 8.74. The molecule has 146 valence electrons. The van der Waals surface area contributed by atoms with E-state index in [0.29, 0.717) is 17.9 Å². The van der Waals surface area contributed by atoms with Gasteiger partial charge in [0.05, 0.1) is 17.9 Å². The van der Waals surface area contributed by atoms with Crippen molar-refractivity contribution in [1.29, 1.82) is 5.26 Å². The van der Waals surface area contributed by atoms with E-state index in [1.54, 1.807) is 33.2 Å². The van der Waals surface area contributed by atoms with Gasteiger partial charge in [-0.15, -0.1) is 0 Å². The first kappa shape index (κ1) is 21.1. The van der Waals surface area contributed by atoms with Crippen molar-refractivity contribution >= 4 is 29.4 Å². The maximum Gasteiger partial charge on any atom is 0.259 e. The molecule has 0 aliphatic rings. The summed E-state index contributed by atoms with van der Waals surface area (Å²) >= 11 is 6.29. The van der Waals surface area contributed by atoms with Crippen LogP contribution in [0.3, 0.4) is 0 Å². The lowest BCUT2D eigenvalue weighted by Gasteiger charge is -2.16. The molecule has 8 heteroatoms. The van der Waals surface area contributed by atoms with Gasteiger partial charge in [0.1, 0.15) is 11.6 Å². The van der Waals surface area contributed by atoms with E-state index in [0.717, 1.165) is 0 Å². The Morgan fingerprint density at radius 1 is 1.32 bits per heavy atom. The average Bonchev–Trinajstić information content (AvgIpc) is 3.19. The highest BCUT2D eigenvalue weighted by Crippen LogP contribution is 2.37. The van der Waals surface area contributed by atoms with Crippen molar-refractivity contribution in [3.8, 4) is 17.6 Å². The topological polar surface area (TPSA) is 92.8 Å². The predicted molar refractivity (Wildman–Crippen MR) is 103 cm³/mol. The summed E-state index contributed by atoms with van der Waals surface area (Å²) in [5, 5.41) is 9.53. The number of nitriles is 1. The number of ether oxygens (including phenoxy) is 2. The number of carbonyl (C=O) groups excluding carboxylic acids is 2. The summed E-state index contributed by atoms with van der Waals surface area (Å²) in [7, 11) is 3.23. The fourth-order valence-corrected chi connectivity index (χ4v) is 2.47. The number of benzene rings is 1. The van der Waals surface area contributed by atoms with Crippen LogP contribution in [0, 0.1) is 11.3 Å². The van der Waals surface area contributed by atoms with Gasteiger partial charge in [0, 0.05) is 14.1 Å². The Bertz CT molecular complexity index is 927. The van der Waals surface area contributed by atoms with Crippen molar-refractivity contribution in [2.75, 3.05) is 27.3 Å². The third kappa shape index (κ3) is 5.15. The van der Waals surface area contributed by atoms with E-state index in [2.05, 4.69) is 0 Å². The molecular formula is C20H19ClN2O5. The Morgan fingerprint density at radius 3 is 2.64 bits per heavy atom. The summed E-state index contributed by atoms with van der Waals surface area (Å²) < 4.78 is 16.1. The van der Waals surface area contributed by atoms with E-state index in [4.69, 9.17) is 25.5 Å². The lowest BCUT2D eigenvalue weighted by Crippen LogP contribution is -2.27. The number of hydrogen-bond donors (Lipinski definition) is 0. The molecule has 0 bridgehead atoms. The van der Waals surface area contributed by atoms with Gasteiger partial charge in [-0.3, -0.25) is 9.59 Å². The number of furan rings is 1. The molecule has 0 radical (unpaired) electrons. The highest BCUT2D eigenvalue weighted by atomic mass is 35.5. The molecule has 0 aliphatic heterocycles. The molecule has 0 saturated heterocycles. The van der Waals surface area contributed by atoms with Crippen LogP contribution in [0.2, 0.25) is 5.02 Å². The van der Waals surface area contributed by atoms with Gasteiger partial charge in [-0.2, -0.15) is 5.26 Å². The molecule has 0 fully saturated rings. The lowest BCUT2D eigenvalue weighted by atomic mass is 10.1. The van der Waals surface area contributed by atoms with Crippen LogP contribution in [0.5, 0.6) is 11.5 Å². The molecule has 0 spiro atoms. The number of rotatable bonds is 8. The monoisotopic (exact) mass is 402 g/mol. The largest absolute Gasteiger partial charge is 0.490 e. The van der Waals surface area contributed by atoms with Gasteiger partial charge in [-0.05, 0) is 42.8 Å². The minimum Gasteiger partial charge on any atom is -0.490 e. The maximum absolute atomic E-state index is 12.3. The van der Waals surface area contributed by atoms with Crippen molar-refractivity contribution in [3.05, 3.63) is 52.4 Å². The van der Waals surface area contributed by atoms with Crippen LogP contribution in [-0.2, 0) is 4.79 Å². The number of halogens is 1. The van der Waals surface area contributed by atoms with E-state index in [-0.39, 0.29) is 34.6 Å². The molecule has 0 atom stereocenters. The van der Waals surface area contributed by atoms with E-state index in [9.17, 15) is 14.9 Å². The first-order chi connectivity index (χ1) is 13.4. The average molecular weight is 403 g/mol. The minimum absolute atomic E-state index is 0.0612. The number of ketones is 1. The quantitative estimate of drug-likeness (QED) is 0.380. The van der Waals surface area contributed by atoms with E-state index in [1.807, 2.05) is 6.07 Å². The molecule has 0 unspecified atom stereocenters. The second-order valence-electron chi connectivity index (χ2n) is 5.82. The normalized spacial score (nSPS) is 10.9. The van der Waals surface area contributed by atoms with Crippen LogP contribution in [0.4, 0.5) is 0 Å². The number of carbonyl (C=O) groups is 2. The zero-order chi connectivity index (χ0) is 20.7. The number of allylic oxidation sites excluding steroid dienone is 1. The summed E-state index contributed by atoms with van der Waals surface area (Å²) in [4.78, 5) is 25.5. The van der Waals surface area contributed by atoms with Crippen molar-refractivity contribution < 1.29 is 23.5 Å². The van der Waals surface area contributed by atoms with Crippen LogP contribution in [0.15, 0.2) is 40.5 Å². The second-order valence-corrected chi connectivity index (χ2v) is 6.22. The molecule has 1 heterocycles. The number of Topliss-reactive ketones (excluding diaryl/α,β-unsaturated/α-hetero) is 1. The van der Waals surface area contributed by atoms with Gasteiger partial charge in [-0.25, -0.2) is 0 Å². The molecule has 1 aromatic heterocycles. The minimum atomic E-state index is -0.543. The first-order valence-electron chi connectivity index (χ1n) is 8.36. The molecule has 1 aromatic carbocycles. The fourth-order valence-electron chi connectivity index (χ4n) is 2.19. The highest BCUT2D eigenvalue weighted by molar-refractivity contribution is 6.32. The van der Waals surface area contributed by atoms with E-state index in [1.165, 1.54) is 29.4 Å². The number of likely N-dealkylation sites (N-methyl/N-ethyl adjacent to an activating group) is 1. The van der Waals surface area contributed by atoms with Crippen LogP contribution >= 0.6 is 11.6 Å². The van der Waals surface area contributed by atoms with Crippen LogP contribution in [0.25, 0.3) is 6.08 Å². The fraction of sp³-hybridized carbons (Fsp3) is 0.250. The van der Waals surface area contributed by atoms with Gasteiger partial charge in [0.2, 0.25) is 5.78 Å². The summed E-state index contributed by atoms with van der Waals surface area (Å²) in [6, 6.07) is 8.00. The van der Waals surface area contributed by atoms with Crippen molar-refractivity contribution in [2.24, 2.45) is 0 Å². The third-order valence-electron chi connectivity index (χ3n) is 3.59. The smallest absolute Gasteiger partial charge is 0.259 e. The van der Waals surface area contributed by atoms with Crippen LogP contribution in [0.1, 0.15) is 23.0 Å². The number of nitrogens with zero attached hydrogens (tertiary/aromatic N) is 2. The van der Waals surface area contributed by atoms with Crippen LogP contribution < -0.4 is 9.47 Å². The molecule has 0 aliphatic carbocycles. The number of hydrogen-bond acceptors (Lipinski definition) is 6. The Kier molecular flexibility index (Phi) is 7.24. The Morgan fingerprint density at radius 2 is 2.07 bits per heavy atom. The standard InChI is InChI=1S/C20H19ClN2O5/c1-4-26-17-10-13(8-14(11-22)19(25)16-6-5-7-27-16)9-15(21)20(17)28-12-18(24)23(2)3/h5-10H,4,12H2,1-3H3/b14-8+. The number of amides is 1. The Balaban J connectivity index is 2.36. The van der Waals surface area contributed by atoms with Gasteiger partial charge in [-0.1, -0.05) is 11.6 Å². The van der Waals surface area contributed by atoms with E-state index < -0.39 is 5.78 Å². The molecular weight excluding hydrogens is 384 g/mol. The molecule has 2 rings (SSSR count). The Hall–Kier alpha value is -3.24. The SMILES string of the molecule is CCOc1cc(/C=C(\C#N)C(=O)c2ccco2)cc(Cl)c1OCC(=O)N(C)C. The zero-order valence-electron chi connectivity index (χ0n) is 15.7. The molecule has 28 heavy (non-hydrogen) atoms. The maximum atomic E-state index is 12.3. The van der Waals surface area contributed by atoms with Crippen molar-refractivity contribution in [3.63, 3.8) is 0 Å². The van der Waals surface area contributed by atoms with Crippen molar-refractivity contribution in [1.82, 2.24) is 4.90 Å². The Labute approximate surface area is 167 Å². The summed E-state index contributed by atoms with van der Waals surface area (Å²) in [6.07, 6.45) is 2.74. The van der Waals surface area contributed by atoms with Gasteiger partial charge >= 0.3 is 0 Å². The third-order valence-corrected chi connectivity index (χ3v) is 3.87. The van der Waals surface area contributed by atoms with Gasteiger partial charge < -0.3 is 18.8 Å². The zero-order valence-corrected chi connectivity index (χ0v) is 16.4. The molecule has 2 aromatic rings. The van der Waals surface area contributed by atoms with Gasteiger partial charge in [0.15, 0.2) is 23.9 Å². The van der Waals surface area contributed by atoms with Crippen LogP contribution in [-0.4, -0.2) is 43.9 Å². The molecule has 7 nitrogen and oxygen atoms in total. The molecule has 0 N–H and O–H groups in total. The highest BCUT2D eigenvalue weighted by Gasteiger charge is 2.18.